The summed E-state index contributed by atoms with van der Waals surface area (Å²) in [6, 6.07) is 1.96. The van der Waals surface area contributed by atoms with Gasteiger partial charge in [0.15, 0.2) is 0 Å². The summed E-state index contributed by atoms with van der Waals surface area (Å²) in [6.45, 7) is 2.90. The molecule has 1 aromatic rings. The number of nitrogens with one attached hydrogen (secondary N) is 1. The Labute approximate surface area is 123 Å². The summed E-state index contributed by atoms with van der Waals surface area (Å²) in [5.74, 6) is -1.09. The zero-order chi connectivity index (χ0) is 14.0. The molecule has 2 rings (SSSR count). The van der Waals surface area contributed by atoms with Crippen LogP contribution >= 0.6 is 12.4 Å². The Kier molecular flexibility index (Phi) is 5.89. The number of amides is 1. The zero-order valence-electron chi connectivity index (χ0n) is 11.6. The Hall–Kier alpha value is -1.20. The van der Waals surface area contributed by atoms with E-state index in [9.17, 15) is 13.6 Å². The van der Waals surface area contributed by atoms with E-state index in [0.29, 0.717) is 37.1 Å². The molecule has 0 aromatic heterocycles. The first-order valence-electron chi connectivity index (χ1n) is 6.46. The predicted octanol–water partition coefficient (Wildman–Crippen LogP) is 2.44. The van der Waals surface area contributed by atoms with Gasteiger partial charge in [0.25, 0.3) is 0 Å². The number of nitrogens with zero attached hydrogens (tertiary/aromatic N) is 1. The molecule has 0 saturated heterocycles. The largest absolute Gasteiger partial charge is 0.336 e. The van der Waals surface area contributed by atoms with E-state index >= 15 is 0 Å². The van der Waals surface area contributed by atoms with Crippen LogP contribution < -0.4 is 5.32 Å². The highest BCUT2D eigenvalue weighted by atomic mass is 35.5. The van der Waals surface area contributed by atoms with E-state index in [2.05, 4.69) is 5.32 Å². The Morgan fingerprint density at radius 3 is 2.80 bits per heavy atom. The third kappa shape index (κ3) is 3.27. The average molecular weight is 305 g/mol. The van der Waals surface area contributed by atoms with Gasteiger partial charge in [-0.25, -0.2) is 8.78 Å². The third-order valence-corrected chi connectivity index (χ3v) is 3.62. The fourth-order valence-corrected chi connectivity index (χ4v) is 2.57. The standard InChI is InChI=1S/C14H18F2N2O.ClH/c1-9-12-7-10(15)8-13(16)11(12)4-6-18(9)14(19)3-5-17-2;/h7-9,17H,3-6H2,1-2H3;1H. The number of benzene rings is 1. The molecule has 0 bridgehead atoms. The molecule has 1 atom stereocenters. The van der Waals surface area contributed by atoms with Crippen molar-refractivity contribution in [3.05, 3.63) is 34.9 Å². The van der Waals surface area contributed by atoms with Crippen LogP contribution in [0.1, 0.15) is 30.5 Å². The number of carbonyl (C=O) groups excluding carboxylic acids is 1. The van der Waals surface area contributed by atoms with Crippen LogP contribution in [0.25, 0.3) is 0 Å². The van der Waals surface area contributed by atoms with Crippen LogP contribution in [0.2, 0.25) is 0 Å². The normalized spacial score (nSPS) is 17.4. The van der Waals surface area contributed by atoms with E-state index in [4.69, 9.17) is 0 Å². The van der Waals surface area contributed by atoms with Crippen molar-refractivity contribution < 1.29 is 13.6 Å². The van der Waals surface area contributed by atoms with E-state index in [1.54, 1.807) is 11.9 Å². The maximum atomic E-state index is 13.7. The van der Waals surface area contributed by atoms with Crippen LogP contribution in [0.3, 0.4) is 0 Å². The van der Waals surface area contributed by atoms with Gasteiger partial charge in [-0.1, -0.05) is 0 Å². The van der Waals surface area contributed by atoms with Gasteiger partial charge in [0.1, 0.15) is 11.6 Å². The van der Waals surface area contributed by atoms with Crippen molar-refractivity contribution in [3.63, 3.8) is 0 Å². The Morgan fingerprint density at radius 1 is 1.45 bits per heavy atom. The molecule has 0 fully saturated rings. The topological polar surface area (TPSA) is 32.3 Å². The molecule has 1 aromatic carbocycles. The number of fused-ring (bicyclic) bond motifs is 1. The summed E-state index contributed by atoms with van der Waals surface area (Å²) in [5, 5.41) is 2.92. The third-order valence-electron chi connectivity index (χ3n) is 3.62. The minimum Gasteiger partial charge on any atom is -0.336 e. The van der Waals surface area contributed by atoms with Gasteiger partial charge >= 0.3 is 0 Å². The van der Waals surface area contributed by atoms with Gasteiger partial charge in [0.05, 0.1) is 6.04 Å². The maximum absolute atomic E-state index is 13.7. The van der Waals surface area contributed by atoms with Gasteiger partial charge in [0, 0.05) is 25.6 Å². The number of hydrogen-bond donors (Lipinski definition) is 1. The molecule has 0 spiro atoms. The molecule has 1 heterocycles. The second kappa shape index (κ2) is 6.99. The molecule has 1 unspecified atom stereocenters. The molecule has 3 nitrogen and oxygen atoms in total. The molecule has 1 aliphatic heterocycles. The molecule has 0 radical (unpaired) electrons. The van der Waals surface area contributed by atoms with Crippen LogP contribution in [0.4, 0.5) is 8.78 Å². The lowest BCUT2D eigenvalue weighted by molar-refractivity contribution is -0.133. The van der Waals surface area contributed by atoms with Gasteiger partial charge in [-0.3, -0.25) is 4.79 Å². The highest BCUT2D eigenvalue weighted by Crippen LogP contribution is 2.31. The van der Waals surface area contributed by atoms with Crippen LogP contribution in [0.15, 0.2) is 12.1 Å². The summed E-state index contributed by atoms with van der Waals surface area (Å²) in [6.07, 6.45) is 0.838. The zero-order valence-corrected chi connectivity index (χ0v) is 12.4. The van der Waals surface area contributed by atoms with Gasteiger partial charge in [-0.15, -0.1) is 12.4 Å². The lowest BCUT2D eigenvalue weighted by atomic mass is 9.92. The summed E-state index contributed by atoms with van der Waals surface area (Å²) in [5.41, 5.74) is 1.12. The Morgan fingerprint density at radius 2 is 2.15 bits per heavy atom. The maximum Gasteiger partial charge on any atom is 0.224 e. The average Bonchev–Trinajstić information content (AvgIpc) is 2.37. The van der Waals surface area contributed by atoms with E-state index in [-0.39, 0.29) is 24.4 Å². The molecule has 112 valence electrons. The molecule has 1 amide bonds. The van der Waals surface area contributed by atoms with E-state index in [0.717, 1.165) is 6.07 Å². The molecule has 20 heavy (non-hydrogen) atoms. The van der Waals surface area contributed by atoms with Crippen molar-refractivity contribution in [2.45, 2.75) is 25.8 Å². The molecule has 6 heteroatoms. The smallest absolute Gasteiger partial charge is 0.224 e. The van der Waals surface area contributed by atoms with Crippen molar-refractivity contribution in [1.82, 2.24) is 10.2 Å². The monoisotopic (exact) mass is 304 g/mol. The second-order valence-electron chi connectivity index (χ2n) is 4.82. The summed E-state index contributed by atoms with van der Waals surface area (Å²) in [4.78, 5) is 13.7. The van der Waals surface area contributed by atoms with E-state index in [1.807, 2.05) is 6.92 Å². The quantitative estimate of drug-likeness (QED) is 0.930. The SMILES string of the molecule is CNCCC(=O)N1CCc2c(F)cc(F)cc2C1C.Cl. The minimum absolute atomic E-state index is 0. The van der Waals surface area contributed by atoms with Crippen LogP contribution in [-0.2, 0) is 11.2 Å². The van der Waals surface area contributed by atoms with Gasteiger partial charge in [-0.05, 0) is 37.6 Å². The predicted molar refractivity (Wildman–Crippen MR) is 76.0 cm³/mol. The molecule has 0 aliphatic carbocycles. The van der Waals surface area contributed by atoms with Crippen molar-refractivity contribution in [2.24, 2.45) is 0 Å². The van der Waals surface area contributed by atoms with E-state index in [1.165, 1.54) is 6.07 Å². The minimum atomic E-state index is -0.590. The molecule has 1 aliphatic rings. The Bertz CT molecular complexity index is 496. The molecule has 0 saturated carbocycles. The fourth-order valence-electron chi connectivity index (χ4n) is 2.57. The lowest BCUT2D eigenvalue weighted by Crippen LogP contribution is -2.40. The molecular weight excluding hydrogens is 286 g/mol. The van der Waals surface area contributed by atoms with Crippen LogP contribution in [-0.4, -0.2) is 30.9 Å². The first-order valence-corrected chi connectivity index (χ1v) is 6.46. The van der Waals surface area contributed by atoms with Crippen molar-refractivity contribution >= 4 is 18.3 Å². The number of carbonyl (C=O) groups is 1. The van der Waals surface area contributed by atoms with Crippen molar-refractivity contribution in [2.75, 3.05) is 20.1 Å². The highest BCUT2D eigenvalue weighted by molar-refractivity contribution is 5.85. The van der Waals surface area contributed by atoms with Gasteiger partial charge in [0.2, 0.25) is 5.91 Å². The molecule has 1 N–H and O–H groups in total. The Balaban J connectivity index is 0.00000200. The van der Waals surface area contributed by atoms with Gasteiger partial charge in [-0.2, -0.15) is 0 Å². The van der Waals surface area contributed by atoms with Crippen molar-refractivity contribution in [3.8, 4) is 0 Å². The summed E-state index contributed by atoms with van der Waals surface area (Å²) < 4.78 is 27.0. The van der Waals surface area contributed by atoms with Gasteiger partial charge < -0.3 is 10.2 Å². The highest BCUT2D eigenvalue weighted by Gasteiger charge is 2.29. The lowest BCUT2D eigenvalue weighted by Gasteiger charge is -2.35. The second-order valence-corrected chi connectivity index (χ2v) is 4.82. The summed E-state index contributed by atoms with van der Waals surface area (Å²) >= 11 is 0. The number of rotatable bonds is 3. The molecular formula is C14H19ClF2N2O. The summed E-state index contributed by atoms with van der Waals surface area (Å²) in [7, 11) is 1.78. The van der Waals surface area contributed by atoms with Crippen LogP contribution in [0, 0.1) is 11.6 Å². The fraction of sp³-hybridized carbons (Fsp3) is 0.500. The first-order chi connectivity index (χ1) is 9.04. The number of halogens is 3. The number of hydrogen-bond acceptors (Lipinski definition) is 2. The first kappa shape index (κ1) is 16.9. The van der Waals surface area contributed by atoms with Crippen molar-refractivity contribution in [1.29, 1.82) is 0 Å². The van der Waals surface area contributed by atoms with E-state index < -0.39 is 11.6 Å². The van der Waals surface area contributed by atoms with Crippen LogP contribution in [0.5, 0.6) is 0 Å².